The molecule has 2 aliphatic heterocycles. The molecule has 1 saturated heterocycles. The Kier molecular flexibility index (Phi) is 4.34. The number of aromatic nitrogens is 2. The van der Waals surface area contributed by atoms with Crippen molar-refractivity contribution in [1.82, 2.24) is 15.3 Å². The minimum absolute atomic E-state index is 0.0867. The van der Waals surface area contributed by atoms with Crippen molar-refractivity contribution in [2.45, 2.75) is 56.7 Å². The lowest BCUT2D eigenvalue weighted by atomic mass is 9.95. The van der Waals surface area contributed by atoms with Crippen molar-refractivity contribution in [2.75, 3.05) is 18.0 Å². The second-order valence-corrected chi connectivity index (χ2v) is 8.37. The topological polar surface area (TPSA) is 61.3 Å². The van der Waals surface area contributed by atoms with Gasteiger partial charge in [-0.15, -0.1) is 0 Å². The molecule has 1 aromatic carbocycles. The van der Waals surface area contributed by atoms with Gasteiger partial charge in [0.15, 0.2) is 0 Å². The van der Waals surface area contributed by atoms with Crippen molar-refractivity contribution in [1.29, 1.82) is 0 Å². The number of β-amino-alcohol motifs (C(OH)–C–C–N with tert-alkyl or cyclic N) is 1. The van der Waals surface area contributed by atoms with Crippen LogP contribution in [0.25, 0.3) is 11.3 Å². The molecule has 2 atom stereocenters. The minimum Gasteiger partial charge on any atom is -0.389 e. The number of alkyl halides is 4. The number of anilines is 1. The Morgan fingerprint density at radius 1 is 1.13 bits per heavy atom. The summed E-state index contributed by atoms with van der Waals surface area (Å²) < 4.78 is 58.4. The molecule has 0 saturated carbocycles. The molecule has 2 N–H and O–H groups in total. The highest BCUT2D eigenvalue weighted by Gasteiger charge is 2.45. The van der Waals surface area contributed by atoms with Crippen LogP contribution in [-0.4, -0.2) is 40.3 Å². The highest BCUT2D eigenvalue weighted by atomic mass is 19.3. The van der Waals surface area contributed by atoms with Gasteiger partial charge in [-0.2, -0.15) is 8.78 Å². The summed E-state index contributed by atoms with van der Waals surface area (Å²) in [5, 5.41) is 12.8. The van der Waals surface area contributed by atoms with E-state index in [0.29, 0.717) is 23.2 Å². The van der Waals surface area contributed by atoms with E-state index in [9.17, 15) is 22.7 Å². The first-order valence-corrected chi connectivity index (χ1v) is 10.1. The summed E-state index contributed by atoms with van der Waals surface area (Å²) in [7, 11) is 0. The van der Waals surface area contributed by atoms with Crippen molar-refractivity contribution in [3.63, 3.8) is 0 Å². The average molecular weight is 422 g/mol. The first-order chi connectivity index (χ1) is 14.2. The lowest BCUT2D eigenvalue weighted by molar-refractivity contribution is -0.0107. The predicted octanol–water partition coefficient (Wildman–Crippen LogP) is 3.34. The highest BCUT2D eigenvalue weighted by Crippen LogP contribution is 2.46. The number of benzene rings is 1. The van der Waals surface area contributed by atoms with E-state index in [0.717, 1.165) is 0 Å². The number of nitrogens with one attached hydrogen (secondary N) is 1. The standard InChI is InChI=1S/C21H22F4N4O/c1-11-16(30)10-29(11)19-27-17(14-4-5-21(24,25)18(14)28-19)12-2-3-13-9-26-7-6-20(22,23)15(13)8-12/h2-3,8,11,16,26,30H,4-7,9-10H2,1H3/t11-,16+/m0/s1. The van der Waals surface area contributed by atoms with Crippen LogP contribution in [0, 0.1) is 0 Å². The zero-order valence-electron chi connectivity index (χ0n) is 16.4. The normalized spacial score (nSPS) is 26.5. The van der Waals surface area contributed by atoms with Crippen LogP contribution in [0.15, 0.2) is 18.2 Å². The molecule has 3 heterocycles. The van der Waals surface area contributed by atoms with E-state index in [1.807, 2.05) is 0 Å². The molecule has 5 rings (SSSR count). The Bertz CT molecular complexity index is 1010. The van der Waals surface area contributed by atoms with E-state index >= 15 is 0 Å². The smallest absolute Gasteiger partial charge is 0.290 e. The predicted molar refractivity (Wildman–Crippen MR) is 103 cm³/mol. The molecule has 3 aliphatic rings. The van der Waals surface area contributed by atoms with Crippen LogP contribution in [0.5, 0.6) is 0 Å². The monoisotopic (exact) mass is 422 g/mol. The molecule has 1 aromatic heterocycles. The van der Waals surface area contributed by atoms with Gasteiger partial charge >= 0.3 is 0 Å². The van der Waals surface area contributed by atoms with Crippen LogP contribution in [0.3, 0.4) is 0 Å². The molecule has 1 aliphatic carbocycles. The molecular formula is C21H22F4N4O. The summed E-state index contributed by atoms with van der Waals surface area (Å²) in [5.74, 6) is -5.99. The van der Waals surface area contributed by atoms with Crippen LogP contribution in [0.2, 0.25) is 0 Å². The lowest BCUT2D eigenvalue weighted by Gasteiger charge is -2.43. The zero-order valence-corrected chi connectivity index (χ0v) is 16.4. The van der Waals surface area contributed by atoms with Crippen molar-refractivity contribution < 1.29 is 22.7 Å². The van der Waals surface area contributed by atoms with E-state index in [1.54, 1.807) is 24.0 Å². The Balaban J connectivity index is 1.66. The van der Waals surface area contributed by atoms with Gasteiger partial charge in [-0.25, -0.2) is 18.7 Å². The molecule has 0 unspecified atom stereocenters. The molecule has 9 heteroatoms. The Morgan fingerprint density at radius 3 is 2.67 bits per heavy atom. The van der Waals surface area contributed by atoms with E-state index < -0.39 is 17.9 Å². The van der Waals surface area contributed by atoms with Crippen LogP contribution < -0.4 is 10.2 Å². The Labute approximate surface area is 171 Å². The summed E-state index contributed by atoms with van der Waals surface area (Å²) in [5.41, 5.74) is 1.05. The van der Waals surface area contributed by atoms with Crippen molar-refractivity contribution in [3.8, 4) is 11.3 Å². The fraction of sp³-hybridized carbons (Fsp3) is 0.524. The third kappa shape index (κ3) is 2.98. The van der Waals surface area contributed by atoms with Gasteiger partial charge in [0, 0.05) is 49.2 Å². The number of halogens is 4. The largest absolute Gasteiger partial charge is 0.389 e. The van der Waals surface area contributed by atoms with Crippen LogP contribution >= 0.6 is 0 Å². The number of nitrogens with zero attached hydrogens (tertiary/aromatic N) is 3. The molecule has 2 aromatic rings. The van der Waals surface area contributed by atoms with E-state index in [-0.39, 0.29) is 61.3 Å². The van der Waals surface area contributed by atoms with Gasteiger partial charge in [-0.1, -0.05) is 12.1 Å². The SMILES string of the molecule is C[C@H]1[C@H](O)CN1c1nc(-c2ccc3c(c2)C(F)(F)CCNC3)c2c(n1)C(F)(F)CC2. The Hall–Kier alpha value is -2.26. The second kappa shape index (κ2) is 6.62. The summed E-state index contributed by atoms with van der Waals surface area (Å²) in [6.07, 6.45) is -1.19. The van der Waals surface area contributed by atoms with Gasteiger partial charge in [-0.3, -0.25) is 0 Å². The molecule has 0 spiro atoms. The van der Waals surface area contributed by atoms with Crippen LogP contribution in [0.1, 0.15) is 42.1 Å². The van der Waals surface area contributed by atoms with Gasteiger partial charge in [0.1, 0.15) is 5.69 Å². The first-order valence-electron chi connectivity index (χ1n) is 10.1. The van der Waals surface area contributed by atoms with Crippen molar-refractivity contribution in [2.24, 2.45) is 0 Å². The number of aliphatic hydroxyl groups excluding tert-OH is 1. The second-order valence-electron chi connectivity index (χ2n) is 8.37. The number of hydrogen-bond donors (Lipinski definition) is 2. The van der Waals surface area contributed by atoms with Gasteiger partial charge in [0.05, 0.1) is 17.8 Å². The lowest BCUT2D eigenvalue weighted by Crippen LogP contribution is -2.59. The summed E-state index contributed by atoms with van der Waals surface area (Å²) >= 11 is 0. The third-order valence-corrected chi connectivity index (χ3v) is 6.43. The van der Waals surface area contributed by atoms with Gasteiger partial charge < -0.3 is 15.3 Å². The van der Waals surface area contributed by atoms with Gasteiger partial charge in [0.2, 0.25) is 5.95 Å². The van der Waals surface area contributed by atoms with Gasteiger partial charge in [0.25, 0.3) is 11.8 Å². The number of hydrogen-bond acceptors (Lipinski definition) is 5. The third-order valence-electron chi connectivity index (χ3n) is 6.43. The Morgan fingerprint density at radius 2 is 1.93 bits per heavy atom. The zero-order chi connectivity index (χ0) is 21.3. The minimum atomic E-state index is -3.09. The molecule has 160 valence electrons. The number of aliphatic hydroxyl groups is 1. The summed E-state index contributed by atoms with van der Waals surface area (Å²) in [6.45, 7) is 2.54. The van der Waals surface area contributed by atoms with Crippen molar-refractivity contribution in [3.05, 3.63) is 40.6 Å². The fourth-order valence-electron chi connectivity index (χ4n) is 4.45. The first kappa shape index (κ1) is 19.7. The highest BCUT2D eigenvalue weighted by molar-refractivity contribution is 5.69. The maximum Gasteiger partial charge on any atom is 0.290 e. The number of rotatable bonds is 2. The molecule has 5 nitrogen and oxygen atoms in total. The molecule has 30 heavy (non-hydrogen) atoms. The molecule has 0 radical (unpaired) electrons. The molecule has 1 fully saturated rings. The molecule has 0 amide bonds. The maximum absolute atomic E-state index is 14.7. The van der Waals surface area contributed by atoms with Crippen LogP contribution in [-0.2, 0) is 24.8 Å². The quantitative estimate of drug-likeness (QED) is 0.727. The molecule has 0 bridgehead atoms. The van der Waals surface area contributed by atoms with E-state index in [2.05, 4.69) is 15.3 Å². The van der Waals surface area contributed by atoms with Gasteiger partial charge in [-0.05, 0) is 25.0 Å². The average Bonchev–Trinajstić information content (AvgIpc) is 2.93. The maximum atomic E-state index is 14.7. The van der Waals surface area contributed by atoms with E-state index in [1.165, 1.54) is 6.07 Å². The fourth-order valence-corrected chi connectivity index (χ4v) is 4.45. The summed E-state index contributed by atoms with van der Waals surface area (Å²) in [6, 6.07) is 4.38. The van der Waals surface area contributed by atoms with Crippen molar-refractivity contribution >= 4 is 5.95 Å². The van der Waals surface area contributed by atoms with E-state index in [4.69, 9.17) is 0 Å². The number of fused-ring (bicyclic) bond motifs is 2. The van der Waals surface area contributed by atoms with Crippen LogP contribution in [0.4, 0.5) is 23.5 Å². The molecular weight excluding hydrogens is 400 g/mol. The summed E-state index contributed by atoms with van der Waals surface area (Å²) in [4.78, 5) is 10.3.